The zero-order valence-electron chi connectivity index (χ0n) is 18.0. The van der Waals surface area contributed by atoms with Gasteiger partial charge in [0.15, 0.2) is 21.8 Å². The van der Waals surface area contributed by atoms with Crippen LogP contribution < -0.4 is 19.2 Å². The average Bonchev–Trinajstić information content (AvgIpc) is 2.78. The molecule has 0 saturated heterocycles. The van der Waals surface area contributed by atoms with E-state index in [2.05, 4.69) is 54.1 Å². The summed E-state index contributed by atoms with van der Waals surface area (Å²) in [5.41, 5.74) is 1.95. The van der Waals surface area contributed by atoms with Crippen LogP contribution in [0.25, 0.3) is 0 Å². The minimum atomic E-state index is -2.24. The fraction of sp³-hybridized carbons (Fsp3) is 0.250. The van der Waals surface area contributed by atoms with Gasteiger partial charge in [-0.25, -0.2) is 0 Å². The molecule has 0 heterocycles. The van der Waals surface area contributed by atoms with Crippen LogP contribution in [0.4, 0.5) is 11.4 Å². The normalized spacial score (nSPS) is 11.2. The molecule has 0 fully saturated rings. The molecule has 0 aliphatic rings. The van der Waals surface area contributed by atoms with E-state index in [1.165, 1.54) is 5.19 Å². The zero-order chi connectivity index (χ0) is 21.4. The monoisotopic (exact) mass is 423 g/mol. The van der Waals surface area contributed by atoms with E-state index in [1.807, 2.05) is 42.5 Å². The molecule has 158 valence electrons. The quantitative estimate of drug-likeness (QED) is 0.343. The largest absolute Gasteiger partial charge is 0.465 e. The van der Waals surface area contributed by atoms with Crippen LogP contribution >= 0.6 is 0 Å². The highest BCUT2D eigenvalue weighted by molar-refractivity contribution is 6.93. The number of benzene rings is 3. The third kappa shape index (κ3) is 4.84. The van der Waals surface area contributed by atoms with Crippen LogP contribution in [-0.4, -0.2) is 36.0 Å². The van der Waals surface area contributed by atoms with Crippen LogP contribution in [-0.2, 0) is 9.47 Å². The number of hydrogen-bond donors (Lipinski definition) is 0. The van der Waals surface area contributed by atoms with Gasteiger partial charge < -0.3 is 23.5 Å². The first-order valence-corrected chi connectivity index (χ1v) is 12.8. The van der Waals surface area contributed by atoms with Gasteiger partial charge in [-0.05, 0) is 42.5 Å². The molecule has 0 radical (unpaired) electrons. The van der Waals surface area contributed by atoms with Crippen molar-refractivity contribution in [1.29, 1.82) is 0 Å². The summed E-state index contributed by atoms with van der Waals surface area (Å²) in [6.45, 7) is 5.01. The molecule has 0 atom stereocenters. The molecular weight excluding hydrogens is 394 g/mol. The molecule has 0 aromatic heterocycles. The first-order valence-electron chi connectivity index (χ1n) is 9.87. The molecule has 3 aromatic carbocycles. The molecule has 0 saturated carbocycles. The molecule has 0 amide bonds. The van der Waals surface area contributed by atoms with E-state index in [0.717, 1.165) is 22.9 Å². The Labute approximate surface area is 179 Å². The maximum Gasteiger partial charge on any atom is 0.188 e. The zero-order valence-corrected chi connectivity index (χ0v) is 19.0. The Morgan fingerprint density at radius 2 is 1.07 bits per heavy atom. The van der Waals surface area contributed by atoms with Gasteiger partial charge in [0, 0.05) is 14.2 Å². The van der Waals surface area contributed by atoms with Crippen molar-refractivity contribution in [2.24, 2.45) is 0 Å². The number of para-hydroxylation sites is 4. The molecule has 3 aromatic rings. The first kappa shape index (κ1) is 21.9. The number of hydrogen-bond acceptors (Lipinski definition) is 5. The lowest BCUT2D eigenvalue weighted by molar-refractivity contribution is 0.0511. The molecule has 5 nitrogen and oxygen atoms in total. The predicted octanol–water partition coefficient (Wildman–Crippen LogP) is 4.90. The topological polar surface area (TPSA) is 40.2 Å². The van der Waals surface area contributed by atoms with Gasteiger partial charge in [-0.15, -0.1) is 0 Å². The average molecular weight is 424 g/mol. The van der Waals surface area contributed by atoms with Crippen molar-refractivity contribution in [2.75, 3.05) is 32.4 Å². The molecule has 0 spiro atoms. The molecule has 0 unspecified atom stereocenters. The van der Waals surface area contributed by atoms with Crippen molar-refractivity contribution >= 4 is 24.8 Å². The summed E-state index contributed by atoms with van der Waals surface area (Å²) >= 11 is 0. The van der Waals surface area contributed by atoms with Gasteiger partial charge in [-0.3, -0.25) is 0 Å². The summed E-state index contributed by atoms with van der Waals surface area (Å²) < 4.78 is 24.6. The molecule has 30 heavy (non-hydrogen) atoms. The summed E-state index contributed by atoms with van der Waals surface area (Å²) in [4.78, 5) is 0. The number of rotatable bonds is 10. The fourth-order valence-electron chi connectivity index (χ4n) is 3.48. The van der Waals surface area contributed by atoms with Gasteiger partial charge in [-0.1, -0.05) is 54.6 Å². The van der Waals surface area contributed by atoms with E-state index in [0.29, 0.717) is 0 Å². The van der Waals surface area contributed by atoms with Gasteiger partial charge in [0.25, 0.3) is 0 Å². The Bertz CT molecular complexity index is 882. The summed E-state index contributed by atoms with van der Waals surface area (Å²) in [7, 11) is 1.00. The maximum atomic E-state index is 5.93. The van der Waals surface area contributed by atoms with Gasteiger partial charge in [0.05, 0.1) is 11.4 Å². The maximum absolute atomic E-state index is 5.93. The van der Waals surface area contributed by atoms with Gasteiger partial charge >= 0.3 is 0 Å². The van der Waals surface area contributed by atoms with Crippen LogP contribution in [0.2, 0.25) is 13.1 Å². The second-order valence-corrected chi connectivity index (χ2v) is 11.4. The summed E-state index contributed by atoms with van der Waals surface area (Å²) in [5, 5.41) is 1.30. The molecule has 3 rings (SSSR count). The predicted molar refractivity (Wildman–Crippen MR) is 124 cm³/mol. The lowest BCUT2D eigenvalue weighted by Crippen LogP contribution is -2.56. The van der Waals surface area contributed by atoms with E-state index >= 15 is 0 Å². The van der Waals surface area contributed by atoms with Crippen molar-refractivity contribution in [3.05, 3.63) is 78.9 Å². The lowest BCUT2D eigenvalue weighted by Gasteiger charge is -2.40. The Morgan fingerprint density at radius 3 is 1.53 bits per heavy atom. The highest BCUT2D eigenvalue weighted by Gasteiger charge is 2.36. The number of nitrogens with zero attached hydrogens (tertiary/aromatic N) is 1. The molecule has 0 bridgehead atoms. The summed E-state index contributed by atoms with van der Waals surface area (Å²) in [6, 6.07) is 26.7. The SMILES string of the molecule is COCOc1ccccc1N(c1ccccc1OCOC)[Si](C)(C)c1ccccc1. The van der Waals surface area contributed by atoms with Gasteiger partial charge in [-0.2, -0.15) is 0 Å². The van der Waals surface area contributed by atoms with E-state index in [4.69, 9.17) is 18.9 Å². The molecule has 0 aliphatic heterocycles. The van der Waals surface area contributed by atoms with Crippen LogP contribution in [0.15, 0.2) is 78.9 Å². The standard InChI is InChI=1S/C24H29NO4Si/c1-26-18-28-23-16-10-8-14-21(23)25(30(3,4)20-12-6-5-7-13-20)22-15-9-11-17-24(22)29-19-27-2/h5-17H,18-19H2,1-4H3. The van der Waals surface area contributed by atoms with Crippen molar-refractivity contribution in [1.82, 2.24) is 0 Å². The second-order valence-electron chi connectivity index (χ2n) is 7.30. The Morgan fingerprint density at radius 1 is 0.633 bits per heavy atom. The third-order valence-corrected chi connectivity index (χ3v) is 8.26. The van der Waals surface area contributed by atoms with Crippen LogP contribution in [0.3, 0.4) is 0 Å². The fourth-order valence-corrected chi connectivity index (χ4v) is 6.32. The Hall–Kier alpha value is -2.80. The molecule has 0 aliphatic carbocycles. The van der Waals surface area contributed by atoms with Crippen LogP contribution in [0.5, 0.6) is 11.5 Å². The van der Waals surface area contributed by atoms with E-state index < -0.39 is 8.24 Å². The van der Waals surface area contributed by atoms with Crippen molar-refractivity contribution < 1.29 is 18.9 Å². The lowest BCUT2D eigenvalue weighted by atomic mass is 10.2. The van der Waals surface area contributed by atoms with Crippen molar-refractivity contribution in [2.45, 2.75) is 13.1 Å². The van der Waals surface area contributed by atoms with Crippen LogP contribution in [0, 0.1) is 0 Å². The summed E-state index contributed by atoms with van der Waals surface area (Å²) in [6.07, 6.45) is 0. The van der Waals surface area contributed by atoms with Gasteiger partial charge in [0.1, 0.15) is 11.5 Å². The third-order valence-electron chi connectivity index (χ3n) is 4.92. The highest BCUT2D eigenvalue weighted by Crippen LogP contribution is 2.42. The second kappa shape index (κ2) is 10.3. The molecular formula is C24H29NO4Si. The summed E-state index contributed by atoms with van der Waals surface area (Å²) in [5.74, 6) is 1.52. The first-order chi connectivity index (χ1) is 14.6. The van der Waals surface area contributed by atoms with Crippen LogP contribution in [0.1, 0.15) is 0 Å². The molecule has 6 heteroatoms. The van der Waals surface area contributed by atoms with E-state index in [9.17, 15) is 0 Å². The van der Waals surface area contributed by atoms with Crippen molar-refractivity contribution in [3.8, 4) is 11.5 Å². The highest BCUT2D eigenvalue weighted by atomic mass is 28.3. The number of ether oxygens (including phenoxy) is 4. The Kier molecular flexibility index (Phi) is 7.51. The number of anilines is 2. The number of methoxy groups -OCH3 is 2. The van der Waals surface area contributed by atoms with Crippen molar-refractivity contribution in [3.63, 3.8) is 0 Å². The molecule has 0 N–H and O–H groups in total. The Balaban J connectivity index is 2.19. The van der Waals surface area contributed by atoms with E-state index in [-0.39, 0.29) is 13.6 Å². The smallest absolute Gasteiger partial charge is 0.188 e. The van der Waals surface area contributed by atoms with E-state index in [1.54, 1.807) is 14.2 Å². The minimum absolute atomic E-state index is 0.181. The van der Waals surface area contributed by atoms with Gasteiger partial charge in [0.2, 0.25) is 0 Å². The minimum Gasteiger partial charge on any atom is -0.465 e.